The van der Waals surface area contributed by atoms with E-state index >= 15 is 4.39 Å². The molecule has 0 unspecified atom stereocenters. The van der Waals surface area contributed by atoms with E-state index in [2.05, 4.69) is 29.0 Å². The minimum atomic E-state index is -3.97. The number of rotatable bonds is 9. The van der Waals surface area contributed by atoms with Gasteiger partial charge in [-0.1, -0.05) is 12.1 Å². The van der Waals surface area contributed by atoms with Gasteiger partial charge in [0.15, 0.2) is 0 Å². The molecule has 2 aromatic carbocycles. The normalized spacial score (nSPS) is 19.1. The molecule has 0 bridgehead atoms. The van der Waals surface area contributed by atoms with Crippen LogP contribution in [0.2, 0.25) is 0 Å². The van der Waals surface area contributed by atoms with Crippen LogP contribution in [0.3, 0.4) is 0 Å². The molecule has 5 rings (SSSR count). The molecular formula is C31H38F2N6O3S. The Hall–Kier alpha value is -3.77. The Bertz CT molecular complexity index is 1570. The first-order valence-corrected chi connectivity index (χ1v) is 16.1. The van der Waals surface area contributed by atoms with Gasteiger partial charge in [0.1, 0.15) is 23.3 Å². The molecular weight excluding hydrogens is 574 g/mol. The third-order valence-electron chi connectivity index (χ3n) is 8.04. The number of pyridine rings is 1. The highest BCUT2D eigenvalue weighted by molar-refractivity contribution is 7.91. The lowest BCUT2D eigenvalue weighted by Crippen LogP contribution is -2.51. The van der Waals surface area contributed by atoms with E-state index in [1.165, 1.54) is 41.3 Å². The molecule has 0 saturated heterocycles. The summed E-state index contributed by atoms with van der Waals surface area (Å²) in [5.74, 6) is -0.444. The van der Waals surface area contributed by atoms with Crippen LogP contribution >= 0.6 is 0 Å². The fraction of sp³-hybridized carbons (Fsp3) is 0.419. The first-order valence-electron chi connectivity index (χ1n) is 14.5. The smallest absolute Gasteiger partial charge is 0.330 e. The third kappa shape index (κ3) is 7.07. The molecule has 0 atom stereocenters. The van der Waals surface area contributed by atoms with Crippen molar-refractivity contribution in [2.75, 3.05) is 33.9 Å². The van der Waals surface area contributed by atoms with Gasteiger partial charge in [-0.2, -0.15) is 0 Å². The molecule has 9 nitrogen and oxygen atoms in total. The molecule has 1 saturated carbocycles. The summed E-state index contributed by atoms with van der Waals surface area (Å²) in [6.07, 6.45) is 4.33. The lowest BCUT2D eigenvalue weighted by atomic mass is 9.90. The summed E-state index contributed by atoms with van der Waals surface area (Å²) in [5.41, 5.74) is 1.23. The minimum Gasteiger partial charge on any atom is -0.367 e. The maximum Gasteiger partial charge on any atom is 0.330 e. The molecule has 0 spiro atoms. The summed E-state index contributed by atoms with van der Waals surface area (Å²) in [5, 5.41) is 3.55. The molecule has 2 aliphatic rings. The first-order chi connectivity index (χ1) is 20.4. The van der Waals surface area contributed by atoms with Gasteiger partial charge in [0, 0.05) is 29.4 Å². The second kappa shape index (κ2) is 12.5. The van der Waals surface area contributed by atoms with Crippen LogP contribution in [0, 0.1) is 11.6 Å². The first kappa shape index (κ1) is 30.7. The minimum absolute atomic E-state index is 0.188. The summed E-state index contributed by atoms with van der Waals surface area (Å²) in [6, 6.07) is 13.2. The lowest BCUT2D eigenvalue weighted by molar-refractivity contribution is 0.221. The van der Waals surface area contributed by atoms with Gasteiger partial charge in [-0.15, -0.1) is 0 Å². The number of halogens is 2. The molecule has 12 heteroatoms. The zero-order valence-corrected chi connectivity index (χ0v) is 25.7. The number of sulfonamides is 1. The van der Waals surface area contributed by atoms with E-state index in [1.807, 2.05) is 26.0 Å². The van der Waals surface area contributed by atoms with Gasteiger partial charge < -0.3 is 10.2 Å². The van der Waals surface area contributed by atoms with Gasteiger partial charge >= 0.3 is 6.03 Å². The fourth-order valence-electron chi connectivity index (χ4n) is 5.72. The summed E-state index contributed by atoms with van der Waals surface area (Å²) in [4.78, 5) is 23.9. The molecule has 2 N–H and O–H groups in total. The number of carbonyl (C=O) groups excluding carboxylic acids is 1. The topological polar surface area (TPSA) is 97.9 Å². The standard InChI is InChI=1S/C31H38F2N6O3S/c1-20(2)39-30-22(7-16-29(35-30)34-24-10-12-25(13-11-24)37(3)4)18-38(31(39)40)26-14-15-28(27(33)17-26)36-43(41,42)19-21-5-8-23(32)9-6-21/h5-9,14-17,20,24-25,36H,10-13,18-19H2,1-4H3,(H,34,35). The largest absolute Gasteiger partial charge is 0.367 e. The van der Waals surface area contributed by atoms with Gasteiger partial charge in [-0.25, -0.2) is 27.0 Å². The molecule has 0 radical (unpaired) electrons. The van der Waals surface area contributed by atoms with E-state index in [0.717, 1.165) is 43.1 Å². The number of benzene rings is 2. The second-order valence-electron chi connectivity index (χ2n) is 11.8. The van der Waals surface area contributed by atoms with Gasteiger partial charge in [0.2, 0.25) is 10.0 Å². The number of nitrogens with one attached hydrogen (secondary N) is 2. The van der Waals surface area contributed by atoms with Gasteiger partial charge in [-0.3, -0.25) is 14.5 Å². The molecule has 230 valence electrons. The quantitative estimate of drug-likeness (QED) is 0.311. The van der Waals surface area contributed by atoms with Crippen LogP contribution in [0.4, 0.5) is 36.6 Å². The SMILES string of the molecule is CC(C)N1C(=O)N(c2ccc(NS(=O)(=O)Cc3ccc(F)cc3)c(F)c2)Cc2ccc(NC3CCC(N(C)C)CC3)nc21. The van der Waals surface area contributed by atoms with Crippen molar-refractivity contribution >= 4 is 39.1 Å². The molecule has 3 aromatic rings. The predicted molar refractivity (Wildman–Crippen MR) is 166 cm³/mol. The summed E-state index contributed by atoms with van der Waals surface area (Å²) >= 11 is 0. The Morgan fingerprint density at radius 3 is 2.33 bits per heavy atom. The Labute approximate surface area is 251 Å². The van der Waals surface area contributed by atoms with Crippen LogP contribution in [0.5, 0.6) is 0 Å². The van der Waals surface area contributed by atoms with E-state index in [9.17, 15) is 17.6 Å². The highest BCUT2D eigenvalue weighted by Gasteiger charge is 2.35. The number of nitrogens with zero attached hydrogens (tertiary/aromatic N) is 4. The fourth-order valence-corrected chi connectivity index (χ4v) is 6.92. The summed E-state index contributed by atoms with van der Waals surface area (Å²) in [6.45, 7) is 3.98. The summed E-state index contributed by atoms with van der Waals surface area (Å²) < 4.78 is 55.9. The molecule has 1 aliphatic heterocycles. The van der Waals surface area contributed by atoms with Gasteiger partial charge in [0.25, 0.3) is 0 Å². The zero-order valence-electron chi connectivity index (χ0n) is 24.8. The van der Waals surface area contributed by atoms with Crippen molar-refractivity contribution in [1.29, 1.82) is 0 Å². The van der Waals surface area contributed by atoms with Crippen LogP contribution in [0.1, 0.15) is 50.7 Å². The Morgan fingerprint density at radius 2 is 1.70 bits per heavy atom. The Morgan fingerprint density at radius 1 is 1.00 bits per heavy atom. The van der Waals surface area contributed by atoms with E-state index in [4.69, 9.17) is 4.98 Å². The summed E-state index contributed by atoms with van der Waals surface area (Å²) in [7, 11) is 0.264. The van der Waals surface area contributed by atoms with Crippen LogP contribution in [-0.4, -0.2) is 56.6 Å². The average molecular weight is 613 g/mol. The van der Waals surface area contributed by atoms with Gasteiger partial charge in [-0.05, 0) is 102 Å². The van der Waals surface area contributed by atoms with Crippen LogP contribution in [0.25, 0.3) is 0 Å². The Kier molecular flexibility index (Phi) is 8.89. The molecule has 43 heavy (non-hydrogen) atoms. The highest BCUT2D eigenvalue weighted by atomic mass is 32.2. The van der Waals surface area contributed by atoms with Crippen LogP contribution in [0.15, 0.2) is 54.6 Å². The predicted octanol–water partition coefficient (Wildman–Crippen LogP) is 5.94. The highest BCUT2D eigenvalue weighted by Crippen LogP contribution is 2.35. The van der Waals surface area contributed by atoms with Crippen LogP contribution in [-0.2, 0) is 22.3 Å². The van der Waals surface area contributed by atoms with Crippen molar-refractivity contribution in [3.63, 3.8) is 0 Å². The number of aromatic nitrogens is 1. The molecule has 2 heterocycles. The number of amides is 2. The van der Waals surface area contributed by atoms with E-state index < -0.39 is 27.4 Å². The van der Waals surface area contributed by atoms with Crippen LogP contribution < -0.4 is 19.8 Å². The number of hydrogen-bond acceptors (Lipinski definition) is 6. The number of carbonyl (C=O) groups is 1. The van der Waals surface area contributed by atoms with Crippen molar-refractivity contribution in [2.24, 2.45) is 0 Å². The number of anilines is 4. The third-order valence-corrected chi connectivity index (χ3v) is 9.29. The monoisotopic (exact) mass is 612 g/mol. The second-order valence-corrected chi connectivity index (χ2v) is 13.5. The number of urea groups is 1. The number of fused-ring (bicyclic) bond motifs is 1. The zero-order chi connectivity index (χ0) is 30.9. The van der Waals surface area contributed by atoms with Crippen molar-refractivity contribution in [3.05, 3.63) is 77.4 Å². The van der Waals surface area contributed by atoms with Gasteiger partial charge in [0.05, 0.1) is 18.0 Å². The Balaban J connectivity index is 1.32. The maximum atomic E-state index is 15.2. The maximum absolute atomic E-state index is 15.2. The van der Waals surface area contributed by atoms with Crippen molar-refractivity contribution < 1.29 is 22.0 Å². The average Bonchev–Trinajstić information content (AvgIpc) is 2.95. The van der Waals surface area contributed by atoms with Crippen molar-refractivity contribution in [2.45, 2.75) is 70.0 Å². The van der Waals surface area contributed by atoms with E-state index in [1.54, 1.807) is 4.90 Å². The van der Waals surface area contributed by atoms with Crippen molar-refractivity contribution in [1.82, 2.24) is 9.88 Å². The molecule has 1 aromatic heterocycles. The molecule has 1 aliphatic carbocycles. The number of hydrogen-bond donors (Lipinski definition) is 2. The molecule has 2 amide bonds. The van der Waals surface area contributed by atoms with E-state index in [0.29, 0.717) is 29.2 Å². The van der Waals surface area contributed by atoms with E-state index in [-0.39, 0.29) is 24.3 Å². The molecule has 1 fully saturated rings. The lowest BCUT2D eigenvalue weighted by Gasteiger charge is -2.39. The van der Waals surface area contributed by atoms with Crippen molar-refractivity contribution in [3.8, 4) is 0 Å².